The van der Waals surface area contributed by atoms with Gasteiger partial charge in [-0.1, -0.05) is 36.4 Å². The number of hydrogen-bond donors (Lipinski definition) is 0. The third-order valence-corrected chi connectivity index (χ3v) is 4.86. The molecule has 0 saturated carbocycles. The first-order valence-corrected chi connectivity index (χ1v) is 8.14. The molecule has 2 aliphatic rings. The number of amides is 1. The Bertz CT molecular complexity index is 811. The number of nitrogens with zero attached hydrogens (tertiary/aromatic N) is 1. The molecular weight excluding hydrogens is 328 g/mol. The first kappa shape index (κ1) is 16.0. The number of carbonyl (C=O) groups excluding carboxylic acids is 1. The van der Waals surface area contributed by atoms with Crippen LogP contribution in [0.15, 0.2) is 48.5 Å². The lowest BCUT2D eigenvalue weighted by atomic mass is 9.92. The average Bonchev–Trinajstić information content (AvgIpc) is 3.20. The summed E-state index contributed by atoms with van der Waals surface area (Å²) in [4.78, 5) is 14.5. The summed E-state index contributed by atoms with van der Waals surface area (Å²) >= 11 is 0. The maximum absolute atomic E-state index is 12.8. The van der Waals surface area contributed by atoms with E-state index in [1.807, 2.05) is 24.3 Å². The lowest BCUT2D eigenvalue weighted by Crippen LogP contribution is -2.34. The molecule has 6 heteroatoms. The van der Waals surface area contributed by atoms with Gasteiger partial charge in [-0.05, 0) is 29.7 Å². The minimum Gasteiger partial charge on any atom is -0.434 e. The number of hydrogen-bond acceptors (Lipinski definition) is 3. The van der Waals surface area contributed by atoms with Gasteiger partial charge >= 0.3 is 6.61 Å². The Morgan fingerprint density at radius 2 is 1.92 bits per heavy atom. The van der Waals surface area contributed by atoms with Gasteiger partial charge in [0.1, 0.15) is 11.4 Å². The lowest BCUT2D eigenvalue weighted by Gasteiger charge is -2.25. The number of para-hydroxylation sites is 1. The van der Waals surface area contributed by atoms with Crippen LogP contribution in [0.5, 0.6) is 5.75 Å². The molecule has 1 atom stereocenters. The molecule has 2 heterocycles. The second-order valence-corrected chi connectivity index (χ2v) is 6.29. The second-order valence-electron chi connectivity index (χ2n) is 6.29. The molecule has 2 aromatic carbocycles. The summed E-state index contributed by atoms with van der Waals surface area (Å²) in [5.41, 5.74) is 1.90. The van der Waals surface area contributed by atoms with Crippen LogP contribution < -0.4 is 4.74 Å². The van der Waals surface area contributed by atoms with Crippen molar-refractivity contribution >= 4 is 5.91 Å². The molecule has 2 aromatic rings. The van der Waals surface area contributed by atoms with E-state index in [2.05, 4.69) is 4.74 Å². The lowest BCUT2D eigenvalue weighted by molar-refractivity contribution is -0.0504. The summed E-state index contributed by atoms with van der Waals surface area (Å²) in [5.74, 6) is -0.419. The van der Waals surface area contributed by atoms with Gasteiger partial charge in [0.2, 0.25) is 0 Å². The van der Waals surface area contributed by atoms with Crippen molar-refractivity contribution in [2.45, 2.75) is 25.2 Å². The van der Waals surface area contributed by atoms with Crippen molar-refractivity contribution < 1.29 is 23.0 Å². The van der Waals surface area contributed by atoms with Crippen molar-refractivity contribution in [3.8, 4) is 5.75 Å². The number of ether oxygens (including phenoxy) is 2. The average molecular weight is 345 g/mol. The number of carbonyl (C=O) groups is 1. The number of halogens is 2. The molecule has 0 N–H and O–H groups in total. The van der Waals surface area contributed by atoms with Gasteiger partial charge in [0.25, 0.3) is 5.91 Å². The number of rotatable bonds is 3. The van der Waals surface area contributed by atoms with Crippen molar-refractivity contribution in [3.05, 3.63) is 65.2 Å². The molecule has 0 radical (unpaired) electrons. The molecule has 0 aromatic heterocycles. The van der Waals surface area contributed by atoms with Crippen LogP contribution in [-0.4, -0.2) is 30.5 Å². The predicted octanol–water partition coefficient (Wildman–Crippen LogP) is 3.56. The molecule has 4 nitrogen and oxygen atoms in total. The standard InChI is InChI=1S/C19H17F2NO3/c20-18(21)25-16-8-4-2-6-14(16)17(23)22-10-9-19(12-22)15-7-3-1-5-13(15)11-24-19/h1-8,18H,9-12H2/t19-/m0/s1. The van der Waals surface area contributed by atoms with E-state index in [1.165, 1.54) is 12.1 Å². The Labute approximate surface area is 144 Å². The molecule has 130 valence electrons. The second kappa shape index (κ2) is 6.11. The summed E-state index contributed by atoms with van der Waals surface area (Å²) in [6.07, 6.45) is 0.688. The van der Waals surface area contributed by atoms with Gasteiger partial charge in [0.05, 0.1) is 18.7 Å². The fraction of sp³-hybridized carbons (Fsp3) is 0.316. The van der Waals surface area contributed by atoms with Crippen LogP contribution in [0.3, 0.4) is 0 Å². The molecule has 1 amide bonds. The third kappa shape index (κ3) is 2.76. The molecule has 1 saturated heterocycles. The number of likely N-dealkylation sites (tertiary alicyclic amines) is 1. The number of benzene rings is 2. The summed E-state index contributed by atoms with van der Waals surface area (Å²) in [5, 5.41) is 0. The molecular formula is C19H17F2NO3. The van der Waals surface area contributed by atoms with Gasteiger partial charge < -0.3 is 14.4 Å². The van der Waals surface area contributed by atoms with Crippen LogP contribution in [0.25, 0.3) is 0 Å². The predicted molar refractivity (Wildman–Crippen MR) is 86.5 cm³/mol. The molecule has 1 spiro atoms. The van der Waals surface area contributed by atoms with Crippen LogP contribution in [0, 0.1) is 0 Å². The van der Waals surface area contributed by atoms with E-state index >= 15 is 0 Å². The Hall–Kier alpha value is -2.47. The van der Waals surface area contributed by atoms with Gasteiger partial charge in [0, 0.05) is 6.54 Å². The minimum atomic E-state index is -2.97. The topological polar surface area (TPSA) is 38.8 Å². The highest BCUT2D eigenvalue weighted by Crippen LogP contribution is 2.43. The van der Waals surface area contributed by atoms with Crippen LogP contribution in [0.1, 0.15) is 27.9 Å². The zero-order valence-electron chi connectivity index (χ0n) is 13.5. The van der Waals surface area contributed by atoms with E-state index in [0.717, 1.165) is 11.1 Å². The Kier molecular flexibility index (Phi) is 3.92. The van der Waals surface area contributed by atoms with E-state index < -0.39 is 12.2 Å². The minimum absolute atomic E-state index is 0.101. The zero-order chi connectivity index (χ0) is 17.4. The van der Waals surface area contributed by atoms with Crippen molar-refractivity contribution in [1.29, 1.82) is 0 Å². The molecule has 0 bridgehead atoms. The fourth-order valence-electron chi connectivity index (χ4n) is 3.69. The van der Waals surface area contributed by atoms with Gasteiger partial charge in [-0.15, -0.1) is 0 Å². The SMILES string of the molecule is O=C(c1ccccc1OC(F)F)N1CC[C@@]2(C1)OCc1ccccc12. The monoisotopic (exact) mass is 345 g/mol. The van der Waals surface area contributed by atoms with Gasteiger partial charge in [-0.25, -0.2) is 0 Å². The molecule has 4 rings (SSSR count). The number of alkyl halides is 2. The van der Waals surface area contributed by atoms with E-state index in [0.29, 0.717) is 26.1 Å². The summed E-state index contributed by atoms with van der Waals surface area (Å²) in [7, 11) is 0. The molecule has 25 heavy (non-hydrogen) atoms. The third-order valence-electron chi connectivity index (χ3n) is 4.86. The smallest absolute Gasteiger partial charge is 0.387 e. The Morgan fingerprint density at radius 1 is 1.16 bits per heavy atom. The largest absolute Gasteiger partial charge is 0.434 e. The van der Waals surface area contributed by atoms with Crippen molar-refractivity contribution in [1.82, 2.24) is 4.90 Å². The van der Waals surface area contributed by atoms with Gasteiger partial charge in [0.15, 0.2) is 0 Å². The van der Waals surface area contributed by atoms with Gasteiger partial charge in [-0.2, -0.15) is 8.78 Å². The van der Waals surface area contributed by atoms with E-state index in [1.54, 1.807) is 17.0 Å². The summed E-state index contributed by atoms with van der Waals surface area (Å²) in [6, 6.07) is 14.1. The Morgan fingerprint density at radius 3 is 2.76 bits per heavy atom. The van der Waals surface area contributed by atoms with Crippen LogP contribution in [0.4, 0.5) is 8.78 Å². The van der Waals surface area contributed by atoms with Crippen LogP contribution in [0.2, 0.25) is 0 Å². The normalized spacial score (nSPS) is 21.8. The number of fused-ring (bicyclic) bond motifs is 2. The highest BCUT2D eigenvalue weighted by atomic mass is 19.3. The first-order valence-electron chi connectivity index (χ1n) is 8.14. The zero-order valence-corrected chi connectivity index (χ0v) is 13.5. The molecule has 1 fully saturated rings. The first-order chi connectivity index (χ1) is 12.1. The highest BCUT2D eigenvalue weighted by Gasteiger charge is 2.47. The van der Waals surface area contributed by atoms with Crippen molar-refractivity contribution in [3.63, 3.8) is 0 Å². The fourth-order valence-corrected chi connectivity index (χ4v) is 3.69. The quantitative estimate of drug-likeness (QED) is 0.854. The molecule has 0 aliphatic carbocycles. The van der Waals surface area contributed by atoms with E-state index in [4.69, 9.17) is 4.74 Å². The Balaban J connectivity index is 1.58. The van der Waals surface area contributed by atoms with E-state index in [-0.39, 0.29) is 17.2 Å². The van der Waals surface area contributed by atoms with Crippen molar-refractivity contribution in [2.24, 2.45) is 0 Å². The molecule has 0 unspecified atom stereocenters. The summed E-state index contributed by atoms with van der Waals surface area (Å²) in [6.45, 7) is -1.52. The van der Waals surface area contributed by atoms with Crippen molar-refractivity contribution in [2.75, 3.05) is 13.1 Å². The van der Waals surface area contributed by atoms with E-state index in [9.17, 15) is 13.6 Å². The maximum Gasteiger partial charge on any atom is 0.387 e. The maximum atomic E-state index is 12.8. The van der Waals surface area contributed by atoms with Crippen LogP contribution in [-0.2, 0) is 16.9 Å². The summed E-state index contributed by atoms with van der Waals surface area (Å²) < 4.78 is 35.7. The highest BCUT2D eigenvalue weighted by molar-refractivity contribution is 5.97. The molecule has 2 aliphatic heterocycles. The van der Waals surface area contributed by atoms with Gasteiger partial charge in [-0.3, -0.25) is 4.79 Å². The van der Waals surface area contributed by atoms with Crippen LogP contribution >= 0.6 is 0 Å².